The molecule has 0 bridgehead atoms. The molecule has 0 radical (unpaired) electrons. The van der Waals surface area contributed by atoms with Crippen LogP contribution in [0.15, 0.2) is 41.2 Å². The molecular weight excluding hydrogens is 378 g/mol. The van der Waals surface area contributed by atoms with Gasteiger partial charge in [-0.25, -0.2) is 8.78 Å². The zero-order valence-corrected chi connectivity index (χ0v) is 15.7. The van der Waals surface area contributed by atoms with Gasteiger partial charge in [0.15, 0.2) is 11.6 Å². The lowest BCUT2D eigenvalue weighted by Crippen LogP contribution is -2.42. The summed E-state index contributed by atoms with van der Waals surface area (Å²) in [4.78, 5) is 29.8. The van der Waals surface area contributed by atoms with Crippen LogP contribution in [0.1, 0.15) is 34.3 Å². The van der Waals surface area contributed by atoms with E-state index in [4.69, 9.17) is 4.74 Å². The van der Waals surface area contributed by atoms with Crippen molar-refractivity contribution in [2.45, 2.75) is 25.0 Å². The molecule has 2 atom stereocenters. The normalized spacial score (nSPS) is 20.0. The fourth-order valence-electron chi connectivity index (χ4n) is 4.43. The summed E-state index contributed by atoms with van der Waals surface area (Å²) in [7, 11) is 1.68. The molecule has 1 aliphatic heterocycles. The van der Waals surface area contributed by atoms with E-state index in [0.717, 1.165) is 23.3 Å². The fraction of sp³-hybridized carbons (Fsp3) is 0.273. The molecule has 3 aromatic rings. The van der Waals surface area contributed by atoms with Crippen molar-refractivity contribution in [2.75, 3.05) is 13.7 Å². The van der Waals surface area contributed by atoms with Gasteiger partial charge in [0.25, 0.3) is 5.56 Å². The van der Waals surface area contributed by atoms with Gasteiger partial charge in [0.1, 0.15) is 0 Å². The molecule has 1 N–H and O–H groups in total. The molecule has 5 rings (SSSR count). The van der Waals surface area contributed by atoms with Crippen LogP contribution in [0.25, 0.3) is 10.8 Å². The Balaban J connectivity index is 1.59. The summed E-state index contributed by atoms with van der Waals surface area (Å²) in [6, 6.07) is 9.24. The highest BCUT2D eigenvalue weighted by Gasteiger charge is 2.38. The number of pyridine rings is 1. The van der Waals surface area contributed by atoms with Gasteiger partial charge in [0.2, 0.25) is 5.91 Å². The number of aromatic amines is 1. The molecule has 0 spiro atoms. The van der Waals surface area contributed by atoms with Crippen molar-refractivity contribution in [3.8, 4) is 0 Å². The molecule has 0 fully saturated rings. The number of hydrogen-bond donors (Lipinski definition) is 1. The molecule has 7 heteroatoms. The van der Waals surface area contributed by atoms with E-state index in [0.29, 0.717) is 23.1 Å². The molecule has 29 heavy (non-hydrogen) atoms. The largest absolute Gasteiger partial charge is 0.373 e. The van der Waals surface area contributed by atoms with E-state index in [1.807, 2.05) is 24.3 Å². The number of likely N-dealkylation sites (N-methyl/N-ethyl adjacent to an activating group) is 1. The van der Waals surface area contributed by atoms with Crippen molar-refractivity contribution < 1.29 is 18.3 Å². The first-order valence-corrected chi connectivity index (χ1v) is 9.41. The molecule has 0 saturated heterocycles. The van der Waals surface area contributed by atoms with Crippen molar-refractivity contribution >= 4 is 16.7 Å². The van der Waals surface area contributed by atoms with Gasteiger partial charge >= 0.3 is 0 Å². The highest BCUT2D eigenvalue weighted by atomic mass is 19.2. The Morgan fingerprint density at radius 1 is 1.17 bits per heavy atom. The van der Waals surface area contributed by atoms with E-state index in [-0.39, 0.29) is 30.4 Å². The Morgan fingerprint density at radius 2 is 1.90 bits per heavy atom. The SMILES string of the molecule is CN(C(=O)C1Cc2ccccc21)[C@@H]1COCc2[nH]c(=O)c3cc(F)c(F)cc3c21. The predicted molar refractivity (Wildman–Crippen MR) is 103 cm³/mol. The lowest BCUT2D eigenvalue weighted by Gasteiger charge is -2.38. The topological polar surface area (TPSA) is 62.4 Å². The Hall–Kier alpha value is -3.06. The Morgan fingerprint density at radius 3 is 2.66 bits per heavy atom. The predicted octanol–water partition coefficient (Wildman–Crippen LogP) is 3.18. The molecule has 148 valence electrons. The maximum Gasteiger partial charge on any atom is 0.256 e. The number of nitrogens with zero attached hydrogens (tertiary/aromatic N) is 1. The molecular formula is C22H18F2N2O3. The quantitative estimate of drug-likeness (QED) is 0.724. The van der Waals surface area contributed by atoms with Crippen LogP contribution in [0.3, 0.4) is 0 Å². The first kappa shape index (κ1) is 18.0. The van der Waals surface area contributed by atoms with Gasteiger partial charge in [0, 0.05) is 18.3 Å². The molecule has 0 saturated carbocycles. The zero-order valence-electron chi connectivity index (χ0n) is 15.7. The highest BCUT2D eigenvalue weighted by Crippen LogP contribution is 2.39. The summed E-state index contributed by atoms with van der Waals surface area (Å²) >= 11 is 0. The summed E-state index contributed by atoms with van der Waals surface area (Å²) in [6.07, 6.45) is 0.673. The summed E-state index contributed by atoms with van der Waals surface area (Å²) in [6.45, 7) is 0.355. The Bertz CT molecular complexity index is 1220. The lowest BCUT2D eigenvalue weighted by molar-refractivity contribution is -0.136. The van der Waals surface area contributed by atoms with Gasteiger partial charge in [-0.15, -0.1) is 0 Å². The van der Waals surface area contributed by atoms with E-state index in [9.17, 15) is 18.4 Å². The number of amides is 1. The van der Waals surface area contributed by atoms with Gasteiger partial charge < -0.3 is 14.6 Å². The fourth-order valence-corrected chi connectivity index (χ4v) is 4.43. The maximum absolute atomic E-state index is 14.0. The van der Waals surface area contributed by atoms with Crippen LogP contribution < -0.4 is 5.56 Å². The van der Waals surface area contributed by atoms with Gasteiger partial charge in [-0.3, -0.25) is 9.59 Å². The minimum atomic E-state index is -1.08. The van der Waals surface area contributed by atoms with Crippen molar-refractivity contribution in [1.82, 2.24) is 9.88 Å². The number of rotatable bonds is 2. The average Bonchev–Trinajstić information content (AvgIpc) is 2.69. The van der Waals surface area contributed by atoms with Crippen LogP contribution >= 0.6 is 0 Å². The standard InChI is InChI=1S/C22H18F2N2O3/c1-26(22(28)15-6-11-4-2-3-5-12(11)15)19-10-29-9-18-20(19)13-7-16(23)17(24)8-14(13)21(27)25-18/h2-5,7-8,15,19H,6,9-10H2,1H3,(H,25,27)/t15?,19-/m1/s1. The van der Waals surface area contributed by atoms with E-state index in [2.05, 4.69) is 4.98 Å². The van der Waals surface area contributed by atoms with Crippen LogP contribution in [0.4, 0.5) is 8.78 Å². The monoisotopic (exact) mass is 396 g/mol. The number of benzene rings is 2. The average molecular weight is 396 g/mol. The second kappa shape index (κ2) is 6.49. The van der Waals surface area contributed by atoms with Crippen molar-refractivity contribution in [2.24, 2.45) is 0 Å². The second-order valence-corrected chi connectivity index (χ2v) is 7.59. The number of aromatic nitrogens is 1. The molecule has 5 nitrogen and oxygen atoms in total. The number of hydrogen-bond acceptors (Lipinski definition) is 3. The Kier molecular flexibility index (Phi) is 4.03. The summed E-state index contributed by atoms with van der Waals surface area (Å²) in [5.74, 6) is -2.41. The number of nitrogens with one attached hydrogen (secondary N) is 1. The van der Waals surface area contributed by atoms with Crippen LogP contribution in [-0.4, -0.2) is 29.4 Å². The van der Waals surface area contributed by atoms with Crippen LogP contribution in [0.5, 0.6) is 0 Å². The molecule has 1 amide bonds. The summed E-state index contributed by atoms with van der Waals surface area (Å²) in [5, 5.41) is 0.369. The number of halogens is 2. The van der Waals surface area contributed by atoms with Gasteiger partial charge in [-0.05, 0) is 35.1 Å². The number of carbonyl (C=O) groups excluding carboxylic acids is 1. The molecule has 2 aliphatic rings. The molecule has 1 unspecified atom stereocenters. The van der Waals surface area contributed by atoms with E-state index >= 15 is 0 Å². The van der Waals surface area contributed by atoms with Crippen molar-refractivity contribution in [3.63, 3.8) is 0 Å². The Labute approximate surface area is 164 Å². The smallest absolute Gasteiger partial charge is 0.256 e. The van der Waals surface area contributed by atoms with E-state index in [1.165, 1.54) is 0 Å². The number of ether oxygens (including phenoxy) is 1. The molecule has 2 heterocycles. The first-order chi connectivity index (χ1) is 14.0. The minimum absolute atomic E-state index is 0.0596. The summed E-state index contributed by atoms with van der Waals surface area (Å²) in [5.41, 5.74) is 2.75. The third-order valence-corrected chi connectivity index (χ3v) is 6.01. The zero-order chi connectivity index (χ0) is 20.3. The van der Waals surface area contributed by atoms with Crippen molar-refractivity contribution in [1.29, 1.82) is 0 Å². The van der Waals surface area contributed by atoms with Crippen LogP contribution in [0, 0.1) is 11.6 Å². The number of H-pyrrole nitrogens is 1. The van der Waals surface area contributed by atoms with Crippen LogP contribution in [0.2, 0.25) is 0 Å². The molecule has 1 aromatic heterocycles. The lowest BCUT2D eigenvalue weighted by atomic mass is 9.76. The maximum atomic E-state index is 14.0. The highest BCUT2D eigenvalue weighted by molar-refractivity contribution is 5.89. The van der Waals surface area contributed by atoms with E-state index in [1.54, 1.807) is 11.9 Å². The third-order valence-electron chi connectivity index (χ3n) is 6.01. The number of fused-ring (bicyclic) bond motifs is 4. The first-order valence-electron chi connectivity index (χ1n) is 9.41. The van der Waals surface area contributed by atoms with Gasteiger partial charge in [0.05, 0.1) is 30.6 Å². The van der Waals surface area contributed by atoms with E-state index < -0.39 is 23.2 Å². The number of carbonyl (C=O) groups is 1. The summed E-state index contributed by atoms with van der Waals surface area (Å²) < 4.78 is 33.3. The third kappa shape index (κ3) is 2.68. The molecule has 1 aliphatic carbocycles. The van der Waals surface area contributed by atoms with Gasteiger partial charge in [-0.1, -0.05) is 24.3 Å². The van der Waals surface area contributed by atoms with Crippen LogP contribution in [-0.2, 0) is 22.6 Å². The second-order valence-electron chi connectivity index (χ2n) is 7.59. The van der Waals surface area contributed by atoms with Crippen molar-refractivity contribution in [3.05, 3.63) is 80.8 Å². The minimum Gasteiger partial charge on any atom is -0.373 e. The van der Waals surface area contributed by atoms with Gasteiger partial charge in [-0.2, -0.15) is 0 Å². The molecule has 2 aromatic carbocycles.